The van der Waals surface area contributed by atoms with E-state index >= 15 is 0 Å². The summed E-state index contributed by atoms with van der Waals surface area (Å²) in [6, 6.07) is 1.98. The van der Waals surface area contributed by atoms with E-state index in [-0.39, 0.29) is 0 Å². The third-order valence-corrected chi connectivity index (χ3v) is 3.19. The van der Waals surface area contributed by atoms with E-state index in [9.17, 15) is 0 Å². The third-order valence-electron chi connectivity index (χ3n) is 3.19. The summed E-state index contributed by atoms with van der Waals surface area (Å²) in [5.41, 5.74) is 1.09. The topological polar surface area (TPSA) is 63.5 Å². The molecule has 1 aliphatic rings. The highest BCUT2D eigenvalue weighted by atomic mass is 16.5. The quantitative estimate of drug-likeness (QED) is 0.606. The maximum atomic E-state index is 5.59. The smallest absolute Gasteiger partial charge is 0.191 e. The summed E-state index contributed by atoms with van der Waals surface area (Å²) in [6.07, 6.45) is 4.40. The lowest BCUT2D eigenvalue weighted by molar-refractivity contribution is 0.114. The van der Waals surface area contributed by atoms with Gasteiger partial charge in [-0.15, -0.1) is 0 Å². The van der Waals surface area contributed by atoms with Gasteiger partial charge < -0.3 is 15.4 Å². The van der Waals surface area contributed by atoms with E-state index in [1.165, 1.54) is 0 Å². The largest absolute Gasteiger partial charge is 0.376 e. The molecular formula is C13H23N5O. The van der Waals surface area contributed by atoms with Gasteiger partial charge in [0.2, 0.25) is 0 Å². The average Bonchev–Trinajstić information content (AvgIpc) is 3.04. The van der Waals surface area contributed by atoms with Gasteiger partial charge in [0.05, 0.1) is 18.3 Å². The number of hydrogen-bond acceptors (Lipinski definition) is 3. The Labute approximate surface area is 114 Å². The van der Waals surface area contributed by atoms with Gasteiger partial charge in [-0.25, -0.2) is 4.99 Å². The van der Waals surface area contributed by atoms with Crippen LogP contribution in [0.1, 0.15) is 25.5 Å². The average molecular weight is 265 g/mol. The minimum Gasteiger partial charge on any atom is -0.376 e. The number of guanidine groups is 1. The van der Waals surface area contributed by atoms with Gasteiger partial charge in [-0.2, -0.15) is 5.10 Å². The molecule has 0 spiro atoms. The van der Waals surface area contributed by atoms with E-state index in [4.69, 9.17) is 4.74 Å². The van der Waals surface area contributed by atoms with Crippen molar-refractivity contribution in [2.24, 2.45) is 12.0 Å². The van der Waals surface area contributed by atoms with Crippen LogP contribution in [0.25, 0.3) is 0 Å². The van der Waals surface area contributed by atoms with E-state index in [1.807, 2.05) is 17.8 Å². The highest BCUT2D eigenvalue weighted by Gasteiger charge is 2.15. The summed E-state index contributed by atoms with van der Waals surface area (Å²) < 4.78 is 7.43. The van der Waals surface area contributed by atoms with Crippen molar-refractivity contribution in [1.29, 1.82) is 0 Å². The fourth-order valence-corrected chi connectivity index (χ4v) is 2.07. The minimum absolute atomic E-state index is 0.320. The summed E-state index contributed by atoms with van der Waals surface area (Å²) in [6.45, 7) is 5.24. The lowest BCUT2D eigenvalue weighted by Gasteiger charge is -2.14. The Bertz CT molecular complexity index is 409. The number of nitrogens with zero attached hydrogens (tertiary/aromatic N) is 3. The summed E-state index contributed by atoms with van der Waals surface area (Å²) in [4.78, 5) is 4.56. The Balaban J connectivity index is 1.85. The van der Waals surface area contributed by atoms with Crippen LogP contribution in [0.2, 0.25) is 0 Å². The van der Waals surface area contributed by atoms with Crippen LogP contribution in [0.3, 0.4) is 0 Å². The van der Waals surface area contributed by atoms with Crippen LogP contribution in [-0.4, -0.2) is 41.5 Å². The monoisotopic (exact) mass is 265 g/mol. The molecule has 6 heteroatoms. The van der Waals surface area contributed by atoms with Crippen molar-refractivity contribution < 1.29 is 4.74 Å². The number of rotatable bonds is 5. The molecule has 2 heterocycles. The lowest BCUT2D eigenvalue weighted by atomic mass is 10.2. The van der Waals surface area contributed by atoms with Crippen LogP contribution in [0.15, 0.2) is 17.3 Å². The van der Waals surface area contributed by atoms with Crippen LogP contribution in [0.4, 0.5) is 0 Å². The fraction of sp³-hybridized carbons (Fsp3) is 0.692. The number of ether oxygens (including phenoxy) is 1. The van der Waals surface area contributed by atoms with Gasteiger partial charge in [0.25, 0.3) is 0 Å². The van der Waals surface area contributed by atoms with Crippen molar-refractivity contribution in [3.8, 4) is 0 Å². The summed E-state index contributed by atoms with van der Waals surface area (Å²) >= 11 is 0. The summed E-state index contributed by atoms with van der Waals surface area (Å²) in [7, 11) is 1.93. The number of nitrogens with one attached hydrogen (secondary N) is 2. The Morgan fingerprint density at radius 2 is 2.47 bits per heavy atom. The predicted molar refractivity (Wildman–Crippen MR) is 75.0 cm³/mol. The highest BCUT2D eigenvalue weighted by molar-refractivity contribution is 5.79. The molecule has 0 bridgehead atoms. The van der Waals surface area contributed by atoms with Crippen LogP contribution < -0.4 is 10.6 Å². The first-order valence-corrected chi connectivity index (χ1v) is 6.90. The molecule has 2 N–H and O–H groups in total. The van der Waals surface area contributed by atoms with E-state index < -0.39 is 0 Å². The molecule has 19 heavy (non-hydrogen) atoms. The van der Waals surface area contributed by atoms with E-state index in [1.54, 1.807) is 6.20 Å². The van der Waals surface area contributed by atoms with Gasteiger partial charge in [0.1, 0.15) is 0 Å². The molecule has 106 valence electrons. The summed E-state index contributed by atoms with van der Waals surface area (Å²) in [5.74, 6) is 0.833. The van der Waals surface area contributed by atoms with Gasteiger partial charge in [0, 0.05) is 32.9 Å². The highest BCUT2D eigenvalue weighted by Crippen LogP contribution is 2.10. The molecule has 0 saturated carbocycles. The standard InChI is InChI=1S/C13H23N5O/c1-3-14-13(16-10-12-5-4-8-19-12)15-9-11-6-7-17-18(11)2/h6-7,12H,3-5,8-10H2,1-2H3,(H2,14,15,16). The minimum atomic E-state index is 0.320. The number of aliphatic imine (C=N–C) groups is 1. The van der Waals surface area contributed by atoms with Crippen LogP contribution >= 0.6 is 0 Å². The second-order valence-electron chi connectivity index (χ2n) is 4.66. The third kappa shape index (κ3) is 4.24. The Morgan fingerprint density at radius 3 is 3.11 bits per heavy atom. The van der Waals surface area contributed by atoms with Crippen molar-refractivity contribution in [2.75, 3.05) is 19.7 Å². The Morgan fingerprint density at radius 1 is 1.58 bits per heavy atom. The first-order valence-electron chi connectivity index (χ1n) is 6.90. The van der Waals surface area contributed by atoms with E-state index in [2.05, 4.69) is 27.6 Å². The fourth-order valence-electron chi connectivity index (χ4n) is 2.07. The molecular weight excluding hydrogens is 242 g/mol. The first-order chi connectivity index (χ1) is 9.29. The van der Waals surface area contributed by atoms with Crippen molar-refractivity contribution in [3.05, 3.63) is 18.0 Å². The van der Waals surface area contributed by atoms with Crippen LogP contribution in [0, 0.1) is 0 Å². The zero-order chi connectivity index (χ0) is 13.5. The number of hydrogen-bond donors (Lipinski definition) is 2. The van der Waals surface area contributed by atoms with Gasteiger partial charge in [0.15, 0.2) is 5.96 Å². The molecule has 1 unspecified atom stereocenters. The molecule has 1 atom stereocenters. The molecule has 0 aromatic carbocycles. The SMILES string of the molecule is CCNC(=NCc1ccnn1C)NCC1CCCO1. The molecule has 0 aliphatic carbocycles. The normalized spacial score (nSPS) is 19.7. The zero-order valence-electron chi connectivity index (χ0n) is 11.7. The maximum Gasteiger partial charge on any atom is 0.191 e. The zero-order valence-corrected chi connectivity index (χ0v) is 11.7. The second-order valence-corrected chi connectivity index (χ2v) is 4.66. The van der Waals surface area contributed by atoms with E-state index in [0.29, 0.717) is 12.6 Å². The Kier molecular flexibility index (Phi) is 5.20. The molecule has 6 nitrogen and oxygen atoms in total. The Hall–Kier alpha value is -1.56. The van der Waals surface area contributed by atoms with Crippen molar-refractivity contribution >= 4 is 5.96 Å². The molecule has 0 amide bonds. The number of aryl methyl sites for hydroxylation is 1. The van der Waals surface area contributed by atoms with E-state index in [0.717, 1.165) is 44.2 Å². The van der Waals surface area contributed by atoms with Crippen molar-refractivity contribution in [1.82, 2.24) is 20.4 Å². The summed E-state index contributed by atoms with van der Waals surface area (Å²) in [5, 5.41) is 10.7. The van der Waals surface area contributed by atoms with Gasteiger partial charge in [-0.05, 0) is 25.8 Å². The van der Waals surface area contributed by atoms with Crippen LogP contribution in [0.5, 0.6) is 0 Å². The van der Waals surface area contributed by atoms with Crippen LogP contribution in [-0.2, 0) is 18.3 Å². The molecule has 1 aromatic heterocycles. The molecule has 1 fully saturated rings. The van der Waals surface area contributed by atoms with Gasteiger partial charge >= 0.3 is 0 Å². The lowest BCUT2D eigenvalue weighted by Crippen LogP contribution is -2.41. The van der Waals surface area contributed by atoms with Gasteiger partial charge in [-0.3, -0.25) is 4.68 Å². The first kappa shape index (κ1) is 13.9. The number of aromatic nitrogens is 2. The van der Waals surface area contributed by atoms with Crippen molar-refractivity contribution in [3.63, 3.8) is 0 Å². The van der Waals surface area contributed by atoms with Gasteiger partial charge in [-0.1, -0.05) is 0 Å². The molecule has 1 aromatic rings. The molecule has 1 aliphatic heterocycles. The molecule has 0 radical (unpaired) electrons. The molecule has 2 rings (SSSR count). The second kappa shape index (κ2) is 7.13. The van der Waals surface area contributed by atoms with Crippen molar-refractivity contribution in [2.45, 2.75) is 32.4 Å². The predicted octanol–water partition coefficient (Wildman–Crippen LogP) is 0.654. The molecule has 1 saturated heterocycles. The maximum absolute atomic E-state index is 5.59.